The van der Waals surface area contributed by atoms with Gasteiger partial charge in [-0.15, -0.1) is 0 Å². The number of anilines is 1. The molecular formula is C22H28N2O4S. The fourth-order valence-electron chi connectivity index (χ4n) is 3.42. The van der Waals surface area contributed by atoms with Gasteiger partial charge < -0.3 is 10.1 Å². The van der Waals surface area contributed by atoms with Gasteiger partial charge in [-0.3, -0.25) is 9.10 Å². The van der Waals surface area contributed by atoms with Crippen LogP contribution in [0.1, 0.15) is 38.3 Å². The Balaban J connectivity index is 1.79. The summed E-state index contributed by atoms with van der Waals surface area (Å²) in [6, 6.07) is 12.4. The van der Waals surface area contributed by atoms with Gasteiger partial charge in [-0.05, 0) is 75.9 Å². The Morgan fingerprint density at radius 3 is 2.59 bits per heavy atom. The summed E-state index contributed by atoms with van der Waals surface area (Å²) < 4.78 is 33.6. The molecule has 0 aliphatic carbocycles. The highest BCUT2D eigenvalue weighted by molar-refractivity contribution is 7.92. The van der Waals surface area contributed by atoms with E-state index in [-0.39, 0.29) is 22.9 Å². The Morgan fingerprint density at radius 2 is 1.90 bits per heavy atom. The van der Waals surface area contributed by atoms with Crippen LogP contribution in [0.25, 0.3) is 0 Å². The second kappa shape index (κ2) is 8.06. The van der Waals surface area contributed by atoms with Crippen LogP contribution in [0.5, 0.6) is 5.75 Å². The molecule has 156 valence electrons. The third-order valence-corrected chi connectivity index (χ3v) is 6.48. The zero-order chi connectivity index (χ0) is 21.2. The molecule has 1 amide bonds. The average Bonchev–Trinajstić information content (AvgIpc) is 2.65. The van der Waals surface area contributed by atoms with Crippen molar-refractivity contribution < 1.29 is 17.9 Å². The highest BCUT2D eigenvalue weighted by Gasteiger charge is 2.29. The third-order valence-electron chi connectivity index (χ3n) is 4.68. The van der Waals surface area contributed by atoms with Gasteiger partial charge in [0.15, 0.2) is 6.61 Å². The van der Waals surface area contributed by atoms with E-state index in [1.807, 2.05) is 45.0 Å². The van der Waals surface area contributed by atoms with Crippen LogP contribution in [0.15, 0.2) is 47.4 Å². The molecule has 0 saturated heterocycles. The molecule has 0 saturated carbocycles. The van der Waals surface area contributed by atoms with Gasteiger partial charge in [0.05, 0.1) is 10.6 Å². The number of sulfonamides is 1. The number of carbonyl (C=O) groups excluding carboxylic acids is 1. The van der Waals surface area contributed by atoms with Crippen molar-refractivity contribution in [3.8, 4) is 5.75 Å². The number of nitrogens with zero attached hydrogens (tertiary/aromatic N) is 1. The lowest BCUT2D eigenvalue weighted by Crippen LogP contribution is -2.43. The highest BCUT2D eigenvalue weighted by atomic mass is 32.2. The van der Waals surface area contributed by atoms with Crippen LogP contribution in [0.3, 0.4) is 0 Å². The van der Waals surface area contributed by atoms with E-state index >= 15 is 0 Å². The average molecular weight is 417 g/mol. The van der Waals surface area contributed by atoms with E-state index in [4.69, 9.17) is 4.74 Å². The molecule has 3 rings (SSSR count). The smallest absolute Gasteiger partial charge is 0.264 e. The number of aryl methyl sites for hydroxylation is 2. The largest absolute Gasteiger partial charge is 0.484 e. The summed E-state index contributed by atoms with van der Waals surface area (Å²) >= 11 is 0. The number of amides is 1. The molecule has 1 N–H and O–H groups in total. The van der Waals surface area contributed by atoms with Crippen molar-refractivity contribution in [2.75, 3.05) is 17.5 Å². The van der Waals surface area contributed by atoms with Crippen molar-refractivity contribution in [3.63, 3.8) is 0 Å². The molecule has 0 atom stereocenters. The van der Waals surface area contributed by atoms with Crippen LogP contribution in [0.2, 0.25) is 0 Å². The maximum atomic E-state index is 13.3. The number of carbonyl (C=O) groups is 1. The molecule has 2 aromatic rings. The molecule has 0 aromatic heterocycles. The fourth-order valence-corrected chi connectivity index (χ4v) is 5.04. The van der Waals surface area contributed by atoms with Gasteiger partial charge in [0.2, 0.25) is 0 Å². The lowest BCUT2D eigenvalue weighted by Gasteiger charge is -2.30. The predicted molar refractivity (Wildman–Crippen MR) is 114 cm³/mol. The second-order valence-corrected chi connectivity index (χ2v) is 10.2. The summed E-state index contributed by atoms with van der Waals surface area (Å²) in [5.41, 5.74) is 2.12. The first kappa shape index (κ1) is 21.2. The molecule has 0 spiro atoms. The number of para-hydroxylation sites is 1. The molecule has 1 aliphatic heterocycles. The van der Waals surface area contributed by atoms with E-state index in [9.17, 15) is 13.2 Å². The highest BCUT2D eigenvalue weighted by Crippen LogP contribution is 2.33. The zero-order valence-electron chi connectivity index (χ0n) is 17.4. The molecule has 0 bridgehead atoms. The van der Waals surface area contributed by atoms with Gasteiger partial charge in [0.1, 0.15) is 5.75 Å². The summed E-state index contributed by atoms with van der Waals surface area (Å²) in [6.45, 7) is 7.81. The lowest BCUT2D eigenvalue weighted by atomic mass is 10.0. The minimum Gasteiger partial charge on any atom is -0.484 e. The molecule has 1 heterocycles. The molecule has 6 nitrogen and oxygen atoms in total. The van der Waals surface area contributed by atoms with Crippen LogP contribution in [0.4, 0.5) is 5.69 Å². The van der Waals surface area contributed by atoms with Gasteiger partial charge in [-0.1, -0.05) is 18.2 Å². The van der Waals surface area contributed by atoms with Crippen molar-refractivity contribution in [1.29, 1.82) is 0 Å². The summed E-state index contributed by atoms with van der Waals surface area (Å²) in [5, 5.41) is 2.83. The fraction of sp³-hybridized carbons (Fsp3) is 0.409. The van der Waals surface area contributed by atoms with Gasteiger partial charge in [0.25, 0.3) is 15.9 Å². The lowest BCUT2D eigenvalue weighted by molar-refractivity contribution is -0.124. The SMILES string of the molecule is Cc1cc(S(=O)(=O)N2CCCc3ccccc32)ccc1OCC(=O)NC(C)(C)C. The summed E-state index contributed by atoms with van der Waals surface area (Å²) in [4.78, 5) is 12.2. The van der Waals surface area contributed by atoms with Gasteiger partial charge in [-0.2, -0.15) is 0 Å². The van der Waals surface area contributed by atoms with Crippen molar-refractivity contribution in [2.24, 2.45) is 0 Å². The minimum atomic E-state index is -3.67. The summed E-state index contributed by atoms with van der Waals surface area (Å²) in [6.07, 6.45) is 1.67. The van der Waals surface area contributed by atoms with Crippen molar-refractivity contribution in [1.82, 2.24) is 5.32 Å². The van der Waals surface area contributed by atoms with Crippen LogP contribution in [-0.2, 0) is 21.2 Å². The van der Waals surface area contributed by atoms with Crippen LogP contribution in [0, 0.1) is 6.92 Å². The third kappa shape index (κ3) is 4.90. The number of fused-ring (bicyclic) bond motifs is 1. The standard InChI is InChI=1S/C22H28N2O4S/c1-16-14-18(11-12-20(16)28-15-21(25)23-22(2,3)4)29(26,27)24-13-7-9-17-8-5-6-10-19(17)24/h5-6,8,10-12,14H,7,9,13,15H2,1-4H3,(H,23,25). The quantitative estimate of drug-likeness (QED) is 0.810. The van der Waals surface area contributed by atoms with E-state index < -0.39 is 10.0 Å². The second-order valence-electron chi connectivity index (χ2n) is 8.32. The number of benzene rings is 2. The summed E-state index contributed by atoms with van der Waals surface area (Å²) in [5.74, 6) is 0.269. The van der Waals surface area contributed by atoms with E-state index in [0.29, 0.717) is 17.9 Å². The minimum absolute atomic E-state index is 0.121. The van der Waals surface area contributed by atoms with Crippen LogP contribution < -0.4 is 14.4 Å². The first-order chi connectivity index (χ1) is 13.6. The van der Waals surface area contributed by atoms with E-state index in [2.05, 4.69) is 5.32 Å². The molecule has 29 heavy (non-hydrogen) atoms. The number of hydrogen-bond acceptors (Lipinski definition) is 4. The first-order valence-electron chi connectivity index (χ1n) is 9.73. The van der Waals surface area contributed by atoms with Gasteiger partial charge in [0, 0.05) is 12.1 Å². The number of nitrogens with one attached hydrogen (secondary N) is 1. The molecular weight excluding hydrogens is 388 g/mol. The zero-order valence-corrected chi connectivity index (χ0v) is 18.2. The number of hydrogen-bond donors (Lipinski definition) is 1. The first-order valence-corrected chi connectivity index (χ1v) is 11.2. The molecule has 1 aliphatic rings. The molecule has 0 fully saturated rings. The maximum absolute atomic E-state index is 13.3. The summed E-state index contributed by atoms with van der Waals surface area (Å²) in [7, 11) is -3.67. The van der Waals surface area contributed by atoms with Crippen molar-refractivity contribution in [2.45, 2.75) is 51.0 Å². The Bertz CT molecular complexity index is 1010. The molecule has 0 unspecified atom stereocenters. The number of ether oxygens (including phenoxy) is 1. The van der Waals surface area contributed by atoms with E-state index in [0.717, 1.165) is 24.1 Å². The molecule has 7 heteroatoms. The van der Waals surface area contributed by atoms with Crippen molar-refractivity contribution in [3.05, 3.63) is 53.6 Å². The predicted octanol–water partition coefficient (Wildman–Crippen LogP) is 3.43. The van der Waals surface area contributed by atoms with Gasteiger partial charge in [-0.25, -0.2) is 8.42 Å². The Labute approximate surface area is 172 Å². The van der Waals surface area contributed by atoms with E-state index in [1.54, 1.807) is 19.1 Å². The molecule has 2 aromatic carbocycles. The van der Waals surface area contributed by atoms with E-state index in [1.165, 1.54) is 10.4 Å². The Hall–Kier alpha value is -2.54. The maximum Gasteiger partial charge on any atom is 0.264 e. The number of rotatable bonds is 5. The topological polar surface area (TPSA) is 75.7 Å². The Kier molecular flexibility index (Phi) is 5.89. The van der Waals surface area contributed by atoms with Gasteiger partial charge >= 0.3 is 0 Å². The van der Waals surface area contributed by atoms with Crippen molar-refractivity contribution >= 4 is 21.6 Å². The van der Waals surface area contributed by atoms with Crippen LogP contribution >= 0.6 is 0 Å². The molecule has 0 radical (unpaired) electrons. The monoisotopic (exact) mass is 416 g/mol. The van der Waals surface area contributed by atoms with Crippen LogP contribution in [-0.4, -0.2) is 33.0 Å². The Morgan fingerprint density at radius 1 is 1.17 bits per heavy atom. The normalized spacial score (nSPS) is 14.3.